The average Bonchev–Trinajstić information content (AvgIpc) is 3.03. The molecule has 2 nitrogen and oxygen atoms in total. The predicted octanol–water partition coefficient (Wildman–Crippen LogP) is 1.62. The fraction of sp³-hybridized carbons (Fsp3) is 1.00. The van der Waals surface area contributed by atoms with Gasteiger partial charge in [-0.1, -0.05) is 0 Å². The lowest BCUT2D eigenvalue weighted by Crippen LogP contribution is -2.37. The number of nitrogens with one attached hydrogen (secondary N) is 2. The molecule has 0 aromatic heterocycles. The number of rotatable bonds is 7. The molecule has 1 atom stereocenters. The Balaban J connectivity index is 1.62. The molecule has 2 heteroatoms. The van der Waals surface area contributed by atoms with Crippen molar-refractivity contribution >= 4 is 0 Å². The van der Waals surface area contributed by atoms with Crippen molar-refractivity contribution in [1.29, 1.82) is 0 Å². The van der Waals surface area contributed by atoms with Gasteiger partial charge in [-0.2, -0.15) is 0 Å². The highest BCUT2D eigenvalue weighted by atomic mass is 15.0. The van der Waals surface area contributed by atoms with E-state index in [1.165, 1.54) is 32.2 Å². The van der Waals surface area contributed by atoms with Crippen molar-refractivity contribution in [2.75, 3.05) is 20.1 Å². The zero-order valence-electron chi connectivity index (χ0n) is 9.55. The Hall–Kier alpha value is -0.0800. The van der Waals surface area contributed by atoms with Crippen LogP contribution in [0.15, 0.2) is 0 Å². The molecule has 0 saturated heterocycles. The number of likely N-dealkylation sites (N-methyl/N-ethyl adjacent to an activating group) is 1. The van der Waals surface area contributed by atoms with Crippen LogP contribution in [0.25, 0.3) is 0 Å². The van der Waals surface area contributed by atoms with Crippen LogP contribution >= 0.6 is 0 Å². The van der Waals surface area contributed by atoms with Crippen molar-refractivity contribution in [3.8, 4) is 0 Å². The van der Waals surface area contributed by atoms with E-state index in [-0.39, 0.29) is 0 Å². The van der Waals surface area contributed by atoms with Gasteiger partial charge in [0.05, 0.1) is 0 Å². The molecule has 0 aromatic rings. The topological polar surface area (TPSA) is 24.1 Å². The van der Waals surface area contributed by atoms with Gasteiger partial charge in [0.15, 0.2) is 0 Å². The molecular formula is C12H24N2. The first-order chi connectivity index (χ1) is 6.81. The summed E-state index contributed by atoms with van der Waals surface area (Å²) in [5.41, 5.74) is 0. The van der Waals surface area contributed by atoms with Crippen LogP contribution < -0.4 is 10.6 Å². The van der Waals surface area contributed by atoms with E-state index >= 15 is 0 Å². The van der Waals surface area contributed by atoms with Gasteiger partial charge in [-0.3, -0.25) is 0 Å². The Morgan fingerprint density at radius 2 is 1.64 bits per heavy atom. The van der Waals surface area contributed by atoms with Crippen LogP contribution in [0.2, 0.25) is 0 Å². The summed E-state index contributed by atoms with van der Waals surface area (Å²) >= 11 is 0. The van der Waals surface area contributed by atoms with Crippen molar-refractivity contribution in [1.82, 2.24) is 10.6 Å². The Labute approximate surface area is 87.8 Å². The van der Waals surface area contributed by atoms with Gasteiger partial charge in [-0.15, -0.1) is 0 Å². The van der Waals surface area contributed by atoms with Crippen LogP contribution in [-0.4, -0.2) is 26.2 Å². The van der Waals surface area contributed by atoms with Gasteiger partial charge in [-0.25, -0.2) is 0 Å². The van der Waals surface area contributed by atoms with Crippen molar-refractivity contribution in [2.24, 2.45) is 17.8 Å². The second kappa shape index (κ2) is 4.63. The normalized spacial score (nSPS) is 24.2. The van der Waals surface area contributed by atoms with Gasteiger partial charge < -0.3 is 10.6 Å². The second-order valence-corrected chi connectivity index (χ2v) is 5.19. The monoisotopic (exact) mass is 196 g/mol. The van der Waals surface area contributed by atoms with E-state index in [0.29, 0.717) is 6.04 Å². The van der Waals surface area contributed by atoms with Crippen LogP contribution in [0.4, 0.5) is 0 Å². The molecule has 2 rings (SSSR count). The number of hydrogen-bond donors (Lipinski definition) is 2. The molecule has 0 aliphatic heterocycles. The Kier molecular flexibility index (Phi) is 3.45. The summed E-state index contributed by atoms with van der Waals surface area (Å²) in [6, 6.07) is 0.606. The van der Waals surface area contributed by atoms with Crippen LogP contribution in [0.3, 0.4) is 0 Å². The molecule has 2 saturated carbocycles. The van der Waals surface area contributed by atoms with Crippen LogP contribution in [0.1, 0.15) is 32.6 Å². The van der Waals surface area contributed by atoms with Gasteiger partial charge in [0.1, 0.15) is 0 Å². The molecule has 2 aliphatic rings. The van der Waals surface area contributed by atoms with Gasteiger partial charge in [0.25, 0.3) is 0 Å². The van der Waals surface area contributed by atoms with Crippen LogP contribution in [-0.2, 0) is 0 Å². The average molecular weight is 196 g/mol. The van der Waals surface area contributed by atoms with E-state index in [4.69, 9.17) is 0 Å². The smallest absolute Gasteiger partial charge is 0.0161 e. The number of hydrogen-bond acceptors (Lipinski definition) is 2. The predicted molar refractivity (Wildman–Crippen MR) is 60.3 cm³/mol. The Morgan fingerprint density at radius 3 is 2.07 bits per heavy atom. The Morgan fingerprint density at radius 1 is 1.07 bits per heavy atom. The highest BCUT2D eigenvalue weighted by molar-refractivity contribution is 4.92. The van der Waals surface area contributed by atoms with Crippen LogP contribution in [0, 0.1) is 17.8 Å². The van der Waals surface area contributed by atoms with Gasteiger partial charge in [-0.05, 0) is 64.0 Å². The van der Waals surface area contributed by atoms with E-state index in [1.807, 2.05) is 7.05 Å². The molecule has 2 N–H and O–H groups in total. The van der Waals surface area contributed by atoms with E-state index in [2.05, 4.69) is 17.6 Å². The molecule has 0 heterocycles. The van der Waals surface area contributed by atoms with E-state index in [1.54, 1.807) is 0 Å². The molecule has 82 valence electrons. The molecule has 2 fully saturated rings. The summed E-state index contributed by atoms with van der Waals surface area (Å²) in [5, 5.41) is 6.88. The summed E-state index contributed by atoms with van der Waals surface area (Å²) in [5.74, 6) is 3.18. The van der Waals surface area contributed by atoms with Gasteiger partial charge in [0.2, 0.25) is 0 Å². The molecule has 2 aliphatic carbocycles. The minimum absolute atomic E-state index is 0.606. The third kappa shape index (κ3) is 2.96. The summed E-state index contributed by atoms with van der Waals surface area (Å²) in [6.45, 7) is 4.62. The molecule has 0 spiro atoms. The third-order valence-electron chi connectivity index (χ3n) is 3.78. The molecule has 0 bridgehead atoms. The van der Waals surface area contributed by atoms with Crippen molar-refractivity contribution in [3.63, 3.8) is 0 Å². The quantitative estimate of drug-likeness (QED) is 0.646. The summed E-state index contributed by atoms with van der Waals surface area (Å²) in [6.07, 6.45) is 6.02. The minimum atomic E-state index is 0.606. The maximum Gasteiger partial charge on any atom is 0.0161 e. The first-order valence-corrected chi connectivity index (χ1v) is 6.19. The largest absolute Gasteiger partial charge is 0.316 e. The Bertz CT molecular complexity index is 161. The molecule has 1 unspecified atom stereocenters. The highest BCUT2D eigenvalue weighted by Crippen LogP contribution is 2.48. The van der Waals surface area contributed by atoms with Crippen molar-refractivity contribution in [3.05, 3.63) is 0 Å². The molecular weight excluding hydrogens is 172 g/mol. The molecule has 0 aromatic carbocycles. The van der Waals surface area contributed by atoms with Gasteiger partial charge >= 0.3 is 0 Å². The highest BCUT2D eigenvalue weighted by Gasteiger charge is 2.40. The third-order valence-corrected chi connectivity index (χ3v) is 3.78. The molecule has 0 radical (unpaired) electrons. The van der Waals surface area contributed by atoms with Crippen LogP contribution in [0.5, 0.6) is 0 Å². The summed E-state index contributed by atoms with van der Waals surface area (Å²) in [7, 11) is 2.03. The molecule has 0 amide bonds. The fourth-order valence-electron chi connectivity index (χ4n) is 2.34. The van der Waals surface area contributed by atoms with E-state index < -0.39 is 0 Å². The zero-order chi connectivity index (χ0) is 9.97. The van der Waals surface area contributed by atoms with Crippen molar-refractivity contribution < 1.29 is 0 Å². The first-order valence-electron chi connectivity index (χ1n) is 6.19. The minimum Gasteiger partial charge on any atom is -0.316 e. The fourth-order valence-corrected chi connectivity index (χ4v) is 2.34. The first kappa shape index (κ1) is 10.4. The second-order valence-electron chi connectivity index (χ2n) is 5.19. The molecule has 14 heavy (non-hydrogen) atoms. The van der Waals surface area contributed by atoms with Crippen molar-refractivity contribution in [2.45, 2.75) is 38.6 Å². The summed E-state index contributed by atoms with van der Waals surface area (Å²) in [4.78, 5) is 0. The SMILES string of the molecule is CNC(C)CNCC(C1CC1)C1CC1. The maximum absolute atomic E-state index is 3.62. The van der Waals surface area contributed by atoms with Gasteiger partial charge in [0, 0.05) is 12.6 Å². The maximum atomic E-state index is 3.62. The zero-order valence-corrected chi connectivity index (χ0v) is 9.55. The lowest BCUT2D eigenvalue weighted by atomic mass is 9.98. The van der Waals surface area contributed by atoms with E-state index in [0.717, 1.165) is 24.3 Å². The lowest BCUT2D eigenvalue weighted by molar-refractivity contribution is 0.370. The van der Waals surface area contributed by atoms with E-state index in [9.17, 15) is 0 Å². The summed E-state index contributed by atoms with van der Waals surface area (Å²) < 4.78 is 0. The lowest BCUT2D eigenvalue weighted by Gasteiger charge is -2.18. The standard InChI is InChI=1S/C12H24N2/c1-9(13-2)7-14-8-12(10-3-4-10)11-5-6-11/h9-14H,3-8H2,1-2H3.